The number of ether oxygens (including phenoxy) is 1. The summed E-state index contributed by atoms with van der Waals surface area (Å²) < 4.78 is 7.24. The highest BCUT2D eigenvalue weighted by Crippen LogP contribution is 2.19. The molecule has 0 saturated heterocycles. The van der Waals surface area contributed by atoms with Crippen LogP contribution in [-0.2, 0) is 17.7 Å². The number of fused-ring (bicyclic) bond motifs is 1. The normalized spacial score (nSPS) is 11.1. The van der Waals surface area contributed by atoms with Gasteiger partial charge in [-0.3, -0.25) is 0 Å². The number of methoxy groups -OCH3 is 1. The number of rotatable bonds is 6. The molecule has 1 aromatic carbocycles. The van der Waals surface area contributed by atoms with Gasteiger partial charge in [0.15, 0.2) is 5.65 Å². The van der Waals surface area contributed by atoms with Gasteiger partial charge in [-0.15, -0.1) is 0 Å². The first-order valence-electron chi connectivity index (χ1n) is 7.35. The molecule has 22 heavy (non-hydrogen) atoms. The molecule has 2 aromatic heterocycles. The number of hydrogen-bond acceptors (Lipinski definition) is 4. The molecule has 114 valence electrons. The fraction of sp³-hybridized carbons (Fsp3) is 0.294. The van der Waals surface area contributed by atoms with E-state index in [1.165, 1.54) is 0 Å². The van der Waals surface area contributed by atoms with E-state index < -0.39 is 0 Å². The van der Waals surface area contributed by atoms with Crippen molar-refractivity contribution in [2.75, 3.05) is 13.7 Å². The molecular formula is C17H19N3O2. The molecule has 3 aromatic rings. The summed E-state index contributed by atoms with van der Waals surface area (Å²) >= 11 is 0. The zero-order chi connectivity index (χ0) is 15.4. The first-order valence-corrected chi connectivity index (χ1v) is 7.35. The van der Waals surface area contributed by atoms with Crippen LogP contribution in [0.3, 0.4) is 0 Å². The van der Waals surface area contributed by atoms with Gasteiger partial charge in [0.1, 0.15) is 17.1 Å². The van der Waals surface area contributed by atoms with Crippen LogP contribution in [0.2, 0.25) is 0 Å². The maximum absolute atomic E-state index is 9.64. The number of benzene rings is 1. The van der Waals surface area contributed by atoms with Gasteiger partial charge in [0.25, 0.3) is 0 Å². The second-order valence-electron chi connectivity index (χ2n) is 5.23. The van der Waals surface area contributed by atoms with Crippen molar-refractivity contribution in [2.24, 2.45) is 0 Å². The molecule has 0 spiro atoms. The molecule has 0 bridgehead atoms. The van der Waals surface area contributed by atoms with Gasteiger partial charge >= 0.3 is 0 Å². The van der Waals surface area contributed by atoms with Crippen LogP contribution < -0.4 is 0 Å². The third kappa shape index (κ3) is 3.09. The molecule has 0 aliphatic rings. The Bertz CT molecular complexity index is 767. The standard InChI is InChI=1S/C17H19N3O2/c1-22-10-4-8-16-19-15-7-3-9-18-17(15)20(16)12-13-5-2-6-14(21)11-13/h2-3,5-7,9,11,21H,4,8,10,12H2,1H3. The Morgan fingerprint density at radius 2 is 2.14 bits per heavy atom. The van der Waals surface area contributed by atoms with Gasteiger partial charge in [0, 0.05) is 26.3 Å². The van der Waals surface area contributed by atoms with Crippen molar-refractivity contribution in [3.8, 4) is 5.75 Å². The predicted octanol–water partition coefficient (Wildman–Crippen LogP) is 2.76. The van der Waals surface area contributed by atoms with Gasteiger partial charge in [-0.2, -0.15) is 0 Å². The van der Waals surface area contributed by atoms with Crippen molar-refractivity contribution >= 4 is 11.2 Å². The summed E-state index contributed by atoms with van der Waals surface area (Å²) in [5, 5.41) is 9.64. The van der Waals surface area contributed by atoms with E-state index >= 15 is 0 Å². The first-order chi connectivity index (χ1) is 10.8. The average Bonchev–Trinajstić information content (AvgIpc) is 2.86. The molecule has 0 unspecified atom stereocenters. The molecule has 0 aliphatic heterocycles. The number of imidazole rings is 1. The van der Waals surface area contributed by atoms with Crippen molar-refractivity contribution in [3.63, 3.8) is 0 Å². The average molecular weight is 297 g/mol. The first kappa shape index (κ1) is 14.5. The van der Waals surface area contributed by atoms with Crippen LogP contribution in [-0.4, -0.2) is 33.4 Å². The predicted molar refractivity (Wildman–Crippen MR) is 84.9 cm³/mol. The largest absolute Gasteiger partial charge is 0.508 e. The lowest BCUT2D eigenvalue weighted by Crippen LogP contribution is -2.07. The van der Waals surface area contributed by atoms with Crippen molar-refractivity contribution in [3.05, 3.63) is 54.0 Å². The summed E-state index contributed by atoms with van der Waals surface area (Å²) in [6.07, 6.45) is 3.53. The van der Waals surface area contributed by atoms with Crippen molar-refractivity contribution < 1.29 is 9.84 Å². The summed E-state index contributed by atoms with van der Waals surface area (Å²) in [7, 11) is 1.71. The third-order valence-electron chi connectivity index (χ3n) is 3.58. The minimum atomic E-state index is 0.274. The minimum Gasteiger partial charge on any atom is -0.508 e. The Kier molecular flexibility index (Phi) is 4.34. The van der Waals surface area contributed by atoms with Crippen LogP contribution in [0.25, 0.3) is 11.2 Å². The number of aromatic hydroxyl groups is 1. The fourth-order valence-electron chi connectivity index (χ4n) is 2.57. The van der Waals surface area contributed by atoms with E-state index in [0.717, 1.165) is 35.4 Å². The lowest BCUT2D eigenvalue weighted by molar-refractivity contribution is 0.194. The lowest BCUT2D eigenvalue weighted by atomic mass is 10.2. The van der Waals surface area contributed by atoms with Gasteiger partial charge in [-0.25, -0.2) is 9.97 Å². The zero-order valence-corrected chi connectivity index (χ0v) is 12.6. The molecule has 0 saturated carbocycles. The molecule has 0 amide bonds. The van der Waals surface area contributed by atoms with E-state index in [9.17, 15) is 5.11 Å². The smallest absolute Gasteiger partial charge is 0.160 e. The third-order valence-corrected chi connectivity index (χ3v) is 3.58. The molecule has 0 atom stereocenters. The van der Waals surface area contributed by atoms with E-state index in [4.69, 9.17) is 4.74 Å². The summed E-state index contributed by atoms with van der Waals surface area (Å²) in [6, 6.07) is 11.2. The number of aromatic nitrogens is 3. The molecule has 0 radical (unpaired) electrons. The van der Waals surface area contributed by atoms with Gasteiger partial charge in [0.2, 0.25) is 0 Å². The SMILES string of the molecule is COCCCc1nc2cccnc2n1Cc1cccc(O)c1. The minimum absolute atomic E-state index is 0.274. The lowest BCUT2D eigenvalue weighted by Gasteiger charge is -2.09. The number of hydrogen-bond donors (Lipinski definition) is 1. The highest BCUT2D eigenvalue weighted by Gasteiger charge is 2.12. The highest BCUT2D eigenvalue weighted by molar-refractivity contribution is 5.71. The van der Waals surface area contributed by atoms with Crippen LogP contribution >= 0.6 is 0 Å². The monoisotopic (exact) mass is 297 g/mol. The van der Waals surface area contributed by atoms with Crippen molar-refractivity contribution in [1.82, 2.24) is 14.5 Å². The number of pyridine rings is 1. The number of nitrogens with zero attached hydrogens (tertiary/aromatic N) is 3. The molecule has 1 N–H and O–H groups in total. The highest BCUT2D eigenvalue weighted by atomic mass is 16.5. The Morgan fingerprint density at radius 3 is 2.95 bits per heavy atom. The van der Waals surface area contributed by atoms with Gasteiger partial charge in [-0.1, -0.05) is 12.1 Å². The van der Waals surface area contributed by atoms with Crippen LogP contribution in [0.1, 0.15) is 17.8 Å². The van der Waals surface area contributed by atoms with E-state index in [1.807, 2.05) is 24.3 Å². The van der Waals surface area contributed by atoms with Gasteiger partial charge < -0.3 is 14.4 Å². The van der Waals surface area contributed by atoms with E-state index in [1.54, 1.807) is 25.4 Å². The second-order valence-corrected chi connectivity index (χ2v) is 5.23. The Balaban J connectivity index is 1.96. The molecule has 0 fully saturated rings. The summed E-state index contributed by atoms with van der Waals surface area (Å²) in [6.45, 7) is 1.35. The Morgan fingerprint density at radius 1 is 1.23 bits per heavy atom. The molecule has 5 nitrogen and oxygen atoms in total. The van der Waals surface area contributed by atoms with Crippen molar-refractivity contribution in [1.29, 1.82) is 0 Å². The molecular weight excluding hydrogens is 278 g/mol. The molecule has 2 heterocycles. The maximum atomic E-state index is 9.64. The maximum Gasteiger partial charge on any atom is 0.160 e. The number of phenolic OH excluding ortho intramolecular Hbond substituents is 1. The van der Waals surface area contributed by atoms with E-state index in [-0.39, 0.29) is 5.75 Å². The second kappa shape index (κ2) is 6.58. The number of aryl methyl sites for hydroxylation is 1. The number of phenols is 1. The van der Waals surface area contributed by atoms with Crippen molar-refractivity contribution in [2.45, 2.75) is 19.4 Å². The topological polar surface area (TPSA) is 60.2 Å². The zero-order valence-electron chi connectivity index (χ0n) is 12.6. The molecule has 3 rings (SSSR count). The van der Waals surface area contributed by atoms with Crippen LogP contribution in [0.4, 0.5) is 0 Å². The fourth-order valence-corrected chi connectivity index (χ4v) is 2.57. The van der Waals surface area contributed by atoms with E-state index in [0.29, 0.717) is 13.2 Å². The van der Waals surface area contributed by atoms with Crippen LogP contribution in [0.15, 0.2) is 42.6 Å². The summed E-state index contributed by atoms with van der Waals surface area (Å²) in [5.41, 5.74) is 2.80. The van der Waals surface area contributed by atoms with E-state index in [2.05, 4.69) is 14.5 Å². The van der Waals surface area contributed by atoms with Crippen LogP contribution in [0.5, 0.6) is 5.75 Å². The quantitative estimate of drug-likeness (QED) is 0.711. The molecule has 5 heteroatoms. The summed E-state index contributed by atoms with van der Waals surface area (Å²) in [5.74, 6) is 1.27. The van der Waals surface area contributed by atoms with Crippen LogP contribution in [0, 0.1) is 0 Å². The van der Waals surface area contributed by atoms with Gasteiger partial charge in [0.05, 0.1) is 6.54 Å². The van der Waals surface area contributed by atoms with Gasteiger partial charge in [-0.05, 0) is 36.2 Å². The Hall–Kier alpha value is -2.40. The molecule has 0 aliphatic carbocycles. The Labute approximate surface area is 129 Å². The summed E-state index contributed by atoms with van der Waals surface area (Å²) in [4.78, 5) is 9.14.